The van der Waals surface area contributed by atoms with E-state index in [1.807, 2.05) is 12.3 Å². The summed E-state index contributed by atoms with van der Waals surface area (Å²) in [6.45, 7) is 6.84. The maximum Gasteiger partial charge on any atom is 0.123 e. The maximum atomic E-state index is 5.60. The van der Waals surface area contributed by atoms with Gasteiger partial charge in [0.1, 0.15) is 5.82 Å². The van der Waals surface area contributed by atoms with Crippen LogP contribution in [-0.2, 0) is 6.54 Å². The lowest BCUT2D eigenvalue weighted by molar-refractivity contribution is 0.127. The van der Waals surface area contributed by atoms with Crippen LogP contribution in [0.4, 0.5) is 5.82 Å². The summed E-state index contributed by atoms with van der Waals surface area (Å²) in [5.74, 6) is 0.595. The highest BCUT2D eigenvalue weighted by molar-refractivity contribution is 5.29. The van der Waals surface area contributed by atoms with Crippen LogP contribution in [0, 0.1) is 0 Å². The molecule has 0 aromatic carbocycles. The third-order valence-corrected chi connectivity index (χ3v) is 3.91. The van der Waals surface area contributed by atoms with Gasteiger partial charge in [0, 0.05) is 18.8 Å². The van der Waals surface area contributed by atoms with E-state index in [4.69, 9.17) is 5.73 Å². The number of nitrogens with zero attached hydrogens (tertiary/aromatic N) is 3. The third kappa shape index (κ3) is 3.43. The van der Waals surface area contributed by atoms with Gasteiger partial charge in [0.25, 0.3) is 0 Å². The van der Waals surface area contributed by atoms with Crippen LogP contribution in [-0.4, -0.2) is 47.5 Å². The quantitative estimate of drug-likeness (QED) is 0.878. The molecular weight excluding hydrogens is 224 g/mol. The van der Waals surface area contributed by atoms with Crippen molar-refractivity contribution in [2.24, 2.45) is 0 Å². The first kappa shape index (κ1) is 13.3. The third-order valence-electron chi connectivity index (χ3n) is 3.91. The lowest BCUT2D eigenvalue weighted by atomic mass is 10.0. The van der Waals surface area contributed by atoms with Crippen LogP contribution in [0.15, 0.2) is 18.3 Å². The van der Waals surface area contributed by atoms with Crippen LogP contribution in [0.2, 0.25) is 0 Å². The fourth-order valence-corrected chi connectivity index (χ4v) is 2.62. The Labute approximate surface area is 110 Å². The molecule has 0 saturated carbocycles. The Kier molecular flexibility index (Phi) is 4.55. The molecule has 4 nitrogen and oxygen atoms in total. The Hall–Kier alpha value is -1.13. The van der Waals surface area contributed by atoms with Gasteiger partial charge in [-0.05, 0) is 51.2 Å². The van der Waals surface area contributed by atoms with Gasteiger partial charge < -0.3 is 10.6 Å². The molecule has 0 unspecified atom stereocenters. The number of nitrogens with two attached hydrogens (primary N) is 1. The SMILES string of the molecule is CCN1CCC(N(C)Cc2ccc(N)nc2)CC1. The first-order valence-corrected chi connectivity index (χ1v) is 6.82. The fourth-order valence-electron chi connectivity index (χ4n) is 2.62. The number of aromatic nitrogens is 1. The van der Waals surface area contributed by atoms with Crippen molar-refractivity contribution < 1.29 is 0 Å². The zero-order valence-corrected chi connectivity index (χ0v) is 11.5. The topological polar surface area (TPSA) is 45.4 Å². The second-order valence-corrected chi connectivity index (χ2v) is 5.17. The Balaban J connectivity index is 1.85. The fraction of sp³-hybridized carbons (Fsp3) is 0.643. The normalized spacial score (nSPS) is 18.4. The van der Waals surface area contributed by atoms with E-state index >= 15 is 0 Å². The summed E-state index contributed by atoms with van der Waals surface area (Å²) >= 11 is 0. The van der Waals surface area contributed by atoms with Crippen molar-refractivity contribution in [3.05, 3.63) is 23.9 Å². The van der Waals surface area contributed by atoms with E-state index < -0.39 is 0 Å². The van der Waals surface area contributed by atoms with Crippen molar-refractivity contribution in [2.45, 2.75) is 32.4 Å². The molecule has 1 aromatic rings. The van der Waals surface area contributed by atoms with E-state index in [-0.39, 0.29) is 0 Å². The molecule has 0 spiro atoms. The summed E-state index contributed by atoms with van der Waals surface area (Å²) < 4.78 is 0. The summed E-state index contributed by atoms with van der Waals surface area (Å²) in [4.78, 5) is 9.11. The van der Waals surface area contributed by atoms with E-state index in [0.29, 0.717) is 11.9 Å². The molecule has 100 valence electrons. The summed E-state index contributed by atoms with van der Waals surface area (Å²) in [5, 5.41) is 0. The second-order valence-electron chi connectivity index (χ2n) is 5.17. The van der Waals surface area contributed by atoms with Crippen LogP contribution in [0.5, 0.6) is 0 Å². The average Bonchev–Trinajstić information content (AvgIpc) is 2.41. The van der Waals surface area contributed by atoms with Crippen LogP contribution < -0.4 is 5.73 Å². The molecular formula is C14H24N4. The minimum Gasteiger partial charge on any atom is -0.384 e. The van der Waals surface area contributed by atoms with E-state index in [1.54, 1.807) is 0 Å². The summed E-state index contributed by atoms with van der Waals surface area (Å²) in [6.07, 6.45) is 4.42. The Bertz CT molecular complexity index is 355. The molecule has 1 fully saturated rings. The molecule has 1 aliphatic heterocycles. The van der Waals surface area contributed by atoms with Crippen molar-refractivity contribution in [1.82, 2.24) is 14.8 Å². The van der Waals surface area contributed by atoms with Gasteiger partial charge in [0.2, 0.25) is 0 Å². The molecule has 0 radical (unpaired) electrons. The predicted molar refractivity (Wildman–Crippen MR) is 75.3 cm³/mol. The highest BCUT2D eigenvalue weighted by atomic mass is 15.2. The molecule has 0 aliphatic carbocycles. The first-order chi connectivity index (χ1) is 8.69. The van der Waals surface area contributed by atoms with Crippen LogP contribution >= 0.6 is 0 Å². The van der Waals surface area contributed by atoms with E-state index in [1.165, 1.54) is 38.0 Å². The highest BCUT2D eigenvalue weighted by Gasteiger charge is 2.21. The van der Waals surface area contributed by atoms with E-state index in [9.17, 15) is 0 Å². The van der Waals surface area contributed by atoms with Crippen LogP contribution in [0.1, 0.15) is 25.3 Å². The molecule has 0 atom stereocenters. The average molecular weight is 248 g/mol. The van der Waals surface area contributed by atoms with Gasteiger partial charge in [-0.25, -0.2) is 4.98 Å². The standard InChI is InChI=1S/C14H24N4/c1-3-18-8-6-13(7-9-18)17(2)11-12-4-5-14(15)16-10-12/h4-5,10,13H,3,6-9,11H2,1-2H3,(H2,15,16). The number of anilines is 1. The number of likely N-dealkylation sites (tertiary alicyclic amines) is 1. The first-order valence-electron chi connectivity index (χ1n) is 6.82. The monoisotopic (exact) mass is 248 g/mol. The van der Waals surface area contributed by atoms with Gasteiger partial charge in [0.15, 0.2) is 0 Å². The summed E-state index contributed by atoms with van der Waals surface area (Å²) in [6, 6.07) is 4.65. The second kappa shape index (κ2) is 6.16. The van der Waals surface area contributed by atoms with Gasteiger partial charge >= 0.3 is 0 Å². The number of nitrogen functional groups attached to an aromatic ring is 1. The molecule has 0 bridgehead atoms. The molecule has 1 aromatic heterocycles. The number of rotatable bonds is 4. The van der Waals surface area contributed by atoms with Crippen LogP contribution in [0.3, 0.4) is 0 Å². The Morgan fingerprint density at radius 3 is 2.67 bits per heavy atom. The van der Waals surface area contributed by atoms with Gasteiger partial charge in [0.05, 0.1) is 0 Å². The molecule has 2 heterocycles. The van der Waals surface area contributed by atoms with Gasteiger partial charge in [-0.1, -0.05) is 13.0 Å². The molecule has 0 amide bonds. The summed E-state index contributed by atoms with van der Waals surface area (Å²) in [7, 11) is 2.21. The van der Waals surface area contributed by atoms with Crippen molar-refractivity contribution in [3.8, 4) is 0 Å². The smallest absolute Gasteiger partial charge is 0.123 e. The van der Waals surface area contributed by atoms with Crippen molar-refractivity contribution in [3.63, 3.8) is 0 Å². The lowest BCUT2D eigenvalue weighted by Gasteiger charge is -2.36. The maximum absolute atomic E-state index is 5.60. The molecule has 2 rings (SSSR count). The minimum absolute atomic E-state index is 0.595. The van der Waals surface area contributed by atoms with Gasteiger partial charge in [-0.15, -0.1) is 0 Å². The van der Waals surface area contributed by atoms with Gasteiger partial charge in [-0.2, -0.15) is 0 Å². The molecule has 1 saturated heterocycles. The molecule has 4 heteroatoms. The van der Waals surface area contributed by atoms with Gasteiger partial charge in [-0.3, -0.25) is 4.90 Å². The van der Waals surface area contributed by atoms with Crippen molar-refractivity contribution in [2.75, 3.05) is 32.4 Å². The van der Waals surface area contributed by atoms with Crippen molar-refractivity contribution >= 4 is 5.82 Å². The van der Waals surface area contributed by atoms with E-state index in [2.05, 4.69) is 34.8 Å². The van der Waals surface area contributed by atoms with Crippen molar-refractivity contribution in [1.29, 1.82) is 0 Å². The largest absolute Gasteiger partial charge is 0.384 e. The Morgan fingerprint density at radius 2 is 2.11 bits per heavy atom. The zero-order valence-electron chi connectivity index (χ0n) is 11.5. The predicted octanol–water partition coefficient (Wildman–Crippen LogP) is 1.58. The minimum atomic E-state index is 0.595. The lowest BCUT2D eigenvalue weighted by Crippen LogP contribution is -2.42. The molecule has 18 heavy (non-hydrogen) atoms. The highest BCUT2D eigenvalue weighted by Crippen LogP contribution is 2.17. The number of piperidine rings is 1. The number of hydrogen-bond donors (Lipinski definition) is 1. The molecule has 1 aliphatic rings. The molecule has 2 N–H and O–H groups in total. The summed E-state index contributed by atoms with van der Waals surface area (Å²) in [5.41, 5.74) is 6.84. The van der Waals surface area contributed by atoms with Crippen LogP contribution in [0.25, 0.3) is 0 Å². The number of hydrogen-bond acceptors (Lipinski definition) is 4. The zero-order chi connectivity index (χ0) is 13.0. The Morgan fingerprint density at radius 1 is 1.39 bits per heavy atom. The number of pyridine rings is 1. The van der Waals surface area contributed by atoms with E-state index in [0.717, 1.165) is 6.54 Å².